The second-order valence-corrected chi connectivity index (χ2v) is 4.28. The van der Waals surface area contributed by atoms with Gasteiger partial charge in [-0.05, 0) is 24.3 Å². The topological polar surface area (TPSA) is 9.23 Å². The Morgan fingerprint density at radius 1 is 0.688 bits per heavy atom. The Morgan fingerprint density at radius 2 is 1.31 bits per heavy atom. The van der Waals surface area contributed by atoms with Crippen LogP contribution in [0.5, 0.6) is 11.5 Å². The lowest BCUT2D eigenvalue weighted by atomic mass is 10.3. The first-order valence-electron chi connectivity index (χ1n) is 4.55. The number of hydrogen-bond donors (Lipinski definition) is 0. The van der Waals surface area contributed by atoms with Crippen LogP contribution < -0.4 is 4.74 Å². The van der Waals surface area contributed by atoms with Crippen LogP contribution in [0, 0.1) is 0 Å². The molecule has 0 heterocycles. The van der Waals surface area contributed by atoms with Gasteiger partial charge in [-0.1, -0.05) is 53.0 Å². The van der Waals surface area contributed by atoms with Gasteiger partial charge in [-0.25, -0.2) is 0 Å². The summed E-state index contributed by atoms with van der Waals surface area (Å²) in [6.07, 6.45) is 0. The fraction of sp³-hybridized carbons (Fsp3) is 0. The van der Waals surface area contributed by atoms with Gasteiger partial charge in [-0.15, -0.1) is 0 Å². The average molecular weight is 274 g/mol. The molecule has 2 aromatic carbocycles. The highest BCUT2D eigenvalue weighted by molar-refractivity contribution is 6.43. The maximum absolute atomic E-state index is 6.00. The Hall–Kier alpha value is -0.890. The Labute approximate surface area is 109 Å². The standard InChI is InChI=1S/C12H7Cl3O/c13-8-4-1-2-6-10(8)16-11-7-3-5-9(14)12(11)15/h1-7H. The summed E-state index contributed by atoms with van der Waals surface area (Å²) in [6, 6.07) is 12.4. The van der Waals surface area contributed by atoms with Gasteiger partial charge in [-0.3, -0.25) is 0 Å². The largest absolute Gasteiger partial charge is 0.454 e. The first kappa shape index (κ1) is 11.6. The zero-order valence-corrected chi connectivity index (χ0v) is 10.4. The van der Waals surface area contributed by atoms with Crippen molar-refractivity contribution in [2.24, 2.45) is 0 Å². The van der Waals surface area contributed by atoms with Crippen molar-refractivity contribution in [3.63, 3.8) is 0 Å². The lowest BCUT2D eigenvalue weighted by molar-refractivity contribution is 0.483. The van der Waals surface area contributed by atoms with Crippen molar-refractivity contribution >= 4 is 34.8 Å². The van der Waals surface area contributed by atoms with E-state index in [2.05, 4.69) is 0 Å². The third-order valence-electron chi connectivity index (χ3n) is 1.97. The molecule has 0 aromatic heterocycles. The maximum atomic E-state index is 6.00. The van der Waals surface area contributed by atoms with Crippen LogP contribution in [0.15, 0.2) is 42.5 Å². The van der Waals surface area contributed by atoms with Crippen LogP contribution in [0.4, 0.5) is 0 Å². The lowest BCUT2D eigenvalue weighted by Gasteiger charge is -2.09. The molecule has 0 aliphatic heterocycles. The maximum Gasteiger partial charge on any atom is 0.147 e. The van der Waals surface area contributed by atoms with Crippen LogP contribution in [0.25, 0.3) is 0 Å². The van der Waals surface area contributed by atoms with Gasteiger partial charge in [0.25, 0.3) is 0 Å². The van der Waals surface area contributed by atoms with E-state index in [4.69, 9.17) is 39.5 Å². The minimum absolute atomic E-state index is 0.379. The fourth-order valence-corrected chi connectivity index (χ4v) is 1.71. The molecule has 16 heavy (non-hydrogen) atoms. The second-order valence-electron chi connectivity index (χ2n) is 3.08. The molecule has 0 atom stereocenters. The zero-order chi connectivity index (χ0) is 11.5. The van der Waals surface area contributed by atoms with Crippen LogP contribution >= 0.6 is 34.8 Å². The summed E-state index contributed by atoms with van der Waals surface area (Å²) in [5.74, 6) is 1.04. The van der Waals surface area contributed by atoms with Crippen molar-refractivity contribution < 1.29 is 4.74 Å². The number of rotatable bonds is 2. The summed E-state index contributed by atoms with van der Waals surface area (Å²) in [5.41, 5.74) is 0. The summed E-state index contributed by atoms with van der Waals surface area (Å²) in [7, 11) is 0. The summed E-state index contributed by atoms with van der Waals surface area (Å²) < 4.78 is 5.57. The lowest BCUT2D eigenvalue weighted by Crippen LogP contribution is -1.86. The van der Waals surface area contributed by atoms with E-state index in [0.717, 1.165) is 0 Å². The molecule has 0 fully saturated rings. The molecule has 0 aliphatic rings. The average Bonchev–Trinajstić information content (AvgIpc) is 2.28. The second kappa shape index (κ2) is 4.96. The monoisotopic (exact) mass is 272 g/mol. The predicted molar refractivity (Wildman–Crippen MR) is 68.0 cm³/mol. The van der Waals surface area contributed by atoms with Crippen LogP contribution in [0.2, 0.25) is 15.1 Å². The predicted octanol–water partition coefficient (Wildman–Crippen LogP) is 5.44. The van der Waals surface area contributed by atoms with Crippen LogP contribution in [0.3, 0.4) is 0 Å². The molecule has 2 rings (SSSR count). The molecular formula is C12H7Cl3O. The van der Waals surface area contributed by atoms with Crippen LogP contribution in [-0.4, -0.2) is 0 Å². The van der Waals surface area contributed by atoms with Gasteiger partial charge in [-0.2, -0.15) is 0 Å². The van der Waals surface area contributed by atoms with E-state index >= 15 is 0 Å². The van der Waals surface area contributed by atoms with Gasteiger partial charge in [0.15, 0.2) is 0 Å². The summed E-state index contributed by atoms with van der Waals surface area (Å²) in [4.78, 5) is 0. The minimum atomic E-state index is 0.379. The highest BCUT2D eigenvalue weighted by Gasteiger charge is 2.08. The molecule has 0 unspecified atom stereocenters. The van der Waals surface area contributed by atoms with Gasteiger partial charge < -0.3 is 4.74 Å². The van der Waals surface area contributed by atoms with E-state index < -0.39 is 0 Å². The van der Waals surface area contributed by atoms with E-state index in [1.165, 1.54) is 0 Å². The number of ether oxygens (including phenoxy) is 1. The van der Waals surface area contributed by atoms with E-state index in [9.17, 15) is 0 Å². The molecular weight excluding hydrogens is 266 g/mol. The Kier molecular flexibility index (Phi) is 3.59. The number of para-hydroxylation sites is 1. The molecule has 0 spiro atoms. The molecule has 82 valence electrons. The van der Waals surface area contributed by atoms with Gasteiger partial charge in [0, 0.05) is 0 Å². The molecule has 0 saturated carbocycles. The molecule has 2 aromatic rings. The van der Waals surface area contributed by atoms with Gasteiger partial charge >= 0.3 is 0 Å². The van der Waals surface area contributed by atoms with E-state index in [1.807, 2.05) is 12.1 Å². The van der Waals surface area contributed by atoms with Crippen molar-refractivity contribution in [2.45, 2.75) is 0 Å². The fourth-order valence-electron chi connectivity index (χ4n) is 1.21. The van der Waals surface area contributed by atoms with Gasteiger partial charge in [0.2, 0.25) is 0 Å². The van der Waals surface area contributed by atoms with Crippen molar-refractivity contribution in [3.8, 4) is 11.5 Å². The number of benzene rings is 2. The summed E-state index contributed by atoms with van der Waals surface area (Å²) >= 11 is 17.8. The smallest absolute Gasteiger partial charge is 0.147 e. The molecule has 1 nitrogen and oxygen atoms in total. The molecule has 0 N–H and O–H groups in total. The molecule has 0 radical (unpaired) electrons. The molecule has 0 amide bonds. The first-order valence-corrected chi connectivity index (χ1v) is 5.68. The van der Waals surface area contributed by atoms with Crippen molar-refractivity contribution in [1.29, 1.82) is 0 Å². The first-order chi connectivity index (χ1) is 7.68. The molecule has 0 saturated heterocycles. The van der Waals surface area contributed by atoms with E-state index in [0.29, 0.717) is 26.6 Å². The minimum Gasteiger partial charge on any atom is -0.454 e. The Bertz CT molecular complexity index is 511. The number of hydrogen-bond acceptors (Lipinski definition) is 1. The highest BCUT2D eigenvalue weighted by atomic mass is 35.5. The Balaban J connectivity index is 2.35. The van der Waals surface area contributed by atoms with Gasteiger partial charge in [0.1, 0.15) is 16.5 Å². The SMILES string of the molecule is Clc1ccccc1Oc1cccc(Cl)c1Cl. The molecule has 4 heteroatoms. The summed E-state index contributed by atoms with van der Waals surface area (Å²) in [5, 5.41) is 1.36. The van der Waals surface area contributed by atoms with E-state index in [1.54, 1.807) is 30.3 Å². The molecule has 0 bridgehead atoms. The van der Waals surface area contributed by atoms with Crippen LogP contribution in [0.1, 0.15) is 0 Å². The van der Waals surface area contributed by atoms with Crippen molar-refractivity contribution in [1.82, 2.24) is 0 Å². The van der Waals surface area contributed by atoms with Crippen molar-refractivity contribution in [2.75, 3.05) is 0 Å². The third-order valence-corrected chi connectivity index (χ3v) is 3.09. The van der Waals surface area contributed by atoms with E-state index in [-0.39, 0.29) is 0 Å². The van der Waals surface area contributed by atoms with Gasteiger partial charge in [0.05, 0.1) is 10.0 Å². The highest BCUT2D eigenvalue weighted by Crippen LogP contribution is 2.36. The normalized spacial score (nSPS) is 10.2. The quantitative estimate of drug-likeness (QED) is 0.708. The third kappa shape index (κ3) is 2.43. The number of halogens is 3. The molecule has 0 aliphatic carbocycles. The summed E-state index contributed by atoms with van der Waals surface area (Å²) in [6.45, 7) is 0. The van der Waals surface area contributed by atoms with Crippen LogP contribution in [-0.2, 0) is 0 Å². The van der Waals surface area contributed by atoms with Crippen molar-refractivity contribution in [3.05, 3.63) is 57.5 Å². The Morgan fingerprint density at radius 3 is 2.06 bits per heavy atom. The zero-order valence-electron chi connectivity index (χ0n) is 8.08.